The lowest BCUT2D eigenvalue weighted by Gasteiger charge is -2.23. The van der Waals surface area contributed by atoms with Gasteiger partial charge in [-0.3, -0.25) is 5.32 Å². The van der Waals surface area contributed by atoms with Crippen LogP contribution >= 0.6 is 0 Å². The van der Waals surface area contributed by atoms with Crippen molar-refractivity contribution in [1.82, 2.24) is 16.0 Å². The molecule has 0 saturated heterocycles. The van der Waals surface area contributed by atoms with Crippen LogP contribution in [0.1, 0.15) is 59.9 Å². The predicted molar refractivity (Wildman–Crippen MR) is 142 cm³/mol. The summed E-state index contributed by atoms with van der Waals surface area (Å²) in [4.78, 5) is 52.3. The number of hydrogen-bond donors (Lipinski definition) is 4. The van der Waals surface area contributed by atoms with Gasteiger partial charge >= 0.3 is 24.2 Å². The van der Waals surface area contributed by atoms with Gasteiger partial charge in [0.15, 0.2) is 6.10 Å². The van der Waals surface area contributed by atoms with Crippen LogP contribution < -0.4 is 16.0 Å². The van der Waals surface area contributed by atoms with Crippen molar-refractivity contribution in [3.8, 4) is 0 Å². The van der Waals surface area contributed by atoms with Gasteiger partial charge in [0.25, 0.3) is 0 Å². The number of ether oxygens (including phenoxy) is 4. The molecular weight excluding hydrogens is 512 g/mol. The number of methoxy groups -OCH3 is 1. The number of benzene rings is 1. The number of alkyl carbamates (subject to hydrolysis) is 2. The summed E-state index contributed by atoms with van der Waals surface area (Å²) in [6.07, 6.45) is -3.94. The van der Waals surface area contributed by atoms with E-state index in [0.29, 0.717) is 0 Å². The molecular formula is C26H40N4O9. The number of rotatable bonds is 9. The van der Waals surface area contributed by atoms with Crippen LogP contribution in [0, 0.1) is 0 Å². The van der Waals surface area contributed by atoms with E-state index in [1.54, 1.807) is 65.8 Å². The van der Waals surface area contributed by atoms with Gasteiger partial charge in [0, 0.05) is 6.54 Å². The number of aliphatic imine (C=N–C) groups is 1. The third-order valence-electron chi connectivity index (χ3n) is 4.54. The van der Waals surface area contributed by atoms with Crippen LogP contribution in [0.15, 0.2) is 35.3 Å². The van der Waals surface area contributed by atoms with Gasteiger partial charge < -0.3 is 34.7 Å². The van der Waals surface area contributed by atoms with E-state index in [1.807, 2.05) is 6.07 Å². The largest absolute Gasteiger partial charge is 0.467 e. The summed E-state index contributed by atoms with van der Waals surface area (Å²) in [7, 11) is 1.11. The summed E-state index contributed by atoms with van der Waals surface area (Å²) in [5, 5.41) is 18.0. The summed E-state index contributed by atoms with van der Waals surface area (Å²) in [5.41, 5.74) is -0.842. The second-order valence-electron chi connectivity index (χ2n) is 10.4. The van der Waals surface area contributed by atoms with E-state index in [4.69, 9.17) is 14.2 Å². The third kappa shape index (κ3) is 15.2. The molecule has 39 heavy (non-hydrogen) atoms. The Morgan fingerprint density at radius 1 is 0.949 bits per heavy atom. The number of aliphatic hydroxyl groups excluding tert-OH is 1. The standard InChI is InChI=1S/C26H40N4O9/c1-25(2,3)38-23(34)29-21(30-24(35)39-26(4,5)6)27-15-11-14-18(19(31)20(32)36-7)28-22(33)37-16-17-12-9-8-10-13-17/h8-10,12-13,18-19,31H,11,14-16H2,1-7H3,(H,28,33)(H2,27,29,30,34,35)/t18-,19?/m0/s1. The van der Waals surface area contributed by atoms with Crippen molar-refractivity contribution in [2.75, 3.05) is 13.7 Å². The van der Waals surface area contributed by atoms with E-state index in [0.717, 1.165) is 12.7 Å². The molecule has 1 rings (SSSR count). The average molecular weight is 553 g/mol. The molecule has 0 heterocycles. The lowest BCUT2D eigenvalue weighted by Crippen LogP contribution is -2.48. The van der Waals surface area contributed by atoms with Gasteiger partial charge in [-0.05, 0) is 59.9 Å². The maximum absolute atomic E-state index is 12.3. The molecule has 218 valence electrons. The Labute approximate surface area is 228 Å². The highest BCUT2D eigenvalue weighted by Crippen LogP contribution is 2.10. The zero-order valence-corrected chi connectivity index (χ0v) is 23.5. The number of carbonyl (C=O) groups excluding carboxylic acids is 4. The fraction of sp³-hybridized carbons (Fsp3) is 0.577. The fourth-order valence-electron chi connectivity index (χ4n) is 2.93. The van der Waals surface area contributed by atoms with E-state index in [2.05, 4.69) is 25.7 Å². The number of hydrogen-bond acceptors (Lipinski definition) is 9. The summed E-state index contributed by atoms with van der Waals surface area (Å²) in [5.74, 6) is -1.16. The van der Waals surface area contributed by atoms with Crippen molar-refractivity contribution in [3.05, 3.63) is 35.9 Å². The molecule has 1 aromatic rings. The van der Waals surface area contributed by atoms with E-state index in [-0.39, 0.29) is 32.0 Å². The Hall–Kier alpha value is -3.87. The Balaban J connectivity index is 2.81. The lowest BCUT2D eigenvalue weighted by atomic mass is 10.1. The Bertz CT molecular complexity index is 985. The first-order chi connectivity index (χ1) is 18.1. The van der Waals surface area contributed by atoms with E-state index >= 15 is 0 Å². The highest BCUT2D eigenvalue weighted by molar-refractivity contribution is 5.98. The van der Waals surface area contributed by atoms with Gasteiger partial charge in [-0.2, -0.15) is 0 Å². The lowest BCUT2D eigenvalue weighted by molar-refractivity contribution is -0.152. The van der Waals surface area contributed by atoms with Crippen molar-refractivity contribution in [3.63, 3.8) is 0 Å². The molecule has 0 fully saturated rings. The molecule has 13 nitrogen and oxygen atoms in total. The molecule has 3 amide bonds. The maximum Gasteiger partial charge on any atom is 0.437 e. The Kier molecular flexibility index (Phi) is 13.2. The molecule has 0 aliphatic heterocycles. The second-order valence-corrected chi connectivity index (χ2v) is 10.4. The van der Waals surface area contributed by atoms with Crippen molar-refractivity contribution in [1.29, 1.82) is 0 Å². The molecule has 0 aromatic heterocycles. The van der Waals surface area contributed by atoms with Gasteiger partial charge in [-0.15, -0.1) is 4.99 Å². The number of esters is 1. The Morgan fingerprint density at radius 3 is 2.13 bits per heavy atom. The van der Waals surface area contributed by atoms with Gasteiger partial charge in [0.1, 0.15) is 17.8 Å². The van der Waals surface area contributed by atoms with Crippen LogP contribution in [0.2, 0.25) is 0 Å². The summed E-state index contributed by atoms with van der Waals surface area (Å²) >= 11 is 0. The molecule has 0 aliphatic rings. The molecule has 1 aromatic carbocycles. The van der Waals surface area contributed by atoms with Gasteiger partial charge in [-0.25, -0.2) is 19.2 Å². The smallest absolute Gasteiger partial charge is 0.437 e. The van der Waals surface area contributed by atoms with E-state index in [1.165, 1.54) is 0 Å². The van der Waals surface area contributed by atoms with E-state index in [9.17, 15) is 24.3 Å². The van der Waals surface area contributed by atoms with Crippen LogP contribution in [0.3, 0.4) is 0 Å². The van der Waals surface area contributed by atoms with E-state index < -0.39 is 47.6 Å². The highest BCUT2D eigenvalue weighted by atomic mass is 16.6. The molecule has 0 aliphatic carbocycles. The van der Waals surface area contributed by atoms with Crippen LogP contribution in [0.4, 0.5) is 14.4 Å². The predicted octanol–water partition coefficient (Wildman–Crippen LogP) is 3.00. The van der Waals surface area contributed by atoms with Gasteiger partial charge in [0.05, 0.1) is 13.2 Å². The number of aliphatic hydroxyl groups is 1. The molecule has 0 spiro atoms. The van der Waals surface area contributed by atoms with Crippen LogP contribution in [0.5, 0.6) is 0 Å². The molecule has 0 radical (unpaired) electrons. The van der Waals surface area contributed by atoms with Gasteiger partial charge in [0.2, 0.25) is 5.96 Å². The topological polar surface area (TPSA) is 174 Å². The zero-order valence-electron chi connectivity index (χ0n) is 23.5. The fourth-order valence-corrected chi connectivity index (χ4v) is 2.93. The summed E-state index contributed by atoms with van der Waals surface area (Å²) < 4.78 is 20.1. The molecule has 13 heteroatoms. The summed E-state index contributed by atoms with van der Waals surface area (Å²) in [6.45, 7) is 10.1. The molecule has 0 bridgehead atoms. The first-order valence-electron chi connectivity index (χ1n) is 12.4. The molecule has 2 atom stereocenters. The van der Waals surface area contributed by atoms with Crippen LogP contribution in [0.25, 0.3) is 0 Å². The molecule has 0 saturated carbocycles. The highest BCUT2D eigenvalue weighted by Gasteiger charge is 2.29. The SMILES string of the molecule is COC(=O)C(O)[C@H](CCCN/C(=N/C(=O)OC(C)(C)C)NC(=O)OC(C)(C)C)NC(=O)OCc1ccccc1. The number of carbonyl (C=O) groups is 4. The van der Waals surface area contributed by atoms with Crippen molar-refractivity contribution < 1.29 is 43.2 Å². The van der Waals surface area contributed by atoms with Crippen LogP contribution in [-0.2, 0) is 30.3 Å². The quantitative estimate of drug-likeness (QED) is 0.117. The minimum atomic E-state index is -1.66. The van der Waals surface area contributed by atoms with Crippen molar-refractivity contribution in [2.24, 2.45) is 4.99 Å². The molecule has 1 unspecified atom stereocenters. The minimum absolute atomic E-state index is 0.00388. The number of nitrogens with zero attached hydrogens (tertiary/aromatic N) is 1. The first kappa shape index (κ1) is 33.2. The maximum atomic E-state index is 12.3. The first-order valence-corrected chi connectivity index (χ1v) is 12.4. The van der Waals surface area contributed by atoms with Gasteiger partial charge in [-0.1, -0.05) is 30.3 Å². The normalized spacial score (nSPS) is 13.4. The number of amides is 3. The van der Waals surface area contributed by atoms with Crippen molar-refractivity contribution in [2.45, 2.75) is 84.3 Å². The number of nitrogens with one attached hydrogen (secondary N) is 3. The number of guanidine groups is 1. The Morgan fingerprint density at radius 2 is 1.56 bits per heavy atom. The third-order valence-corrected chi connectivity index (χ3v) is 4.54. The van der Waals surface area contributed by atoms with Crippen molar-refractivity contribution >= 4 is 30.2 Å². The monoisotopic (exact) mass is 552 g/mol. The average Bonchev–Trinajstić information content (AvgIpc) is 2.81. The second kappa shape index (κ2) is 15.5. The molecule has 4 N–H and O–H groups in total. The summed E-state index contributed by atoms with van der Waals surface area (Å²) in [6, 6.07) is 7.93. The minimum Gasteiger partial charge on any atom is -0.467 e. The zero-order chi connectivity index (χ0) is 29.6. The van der Waals surface area contributed by atoms with Crippen LogP contribution in [-0.4, -0.2) is 72.3 Å².